The number of aliphatic hydroxyl groups is 9. The number of nitrogens with one attached hydrogen (secondary N) is 9. The highest BCUT2D eigenvalue weighted by molar-refractivity contribution is 7.70. The molecule has 0 spiro atoms. The van der Waals surface area contributed by atoms with Crippen LogP contribution >= 0.6 is 38.4 Å². The lowest BCUT2D eigenvalue weighted by Gasteiger charge is -2.44. The van der Waals surface area contributed by atoms with E-state index in [0.717, 1.165) is 111 Å². The normalized spacial score (nSPS) is 27.1. The molecule has 0 radical (unpaired) electrons. The molecule has 9 aliphatic heterocycles. The molecule has 29 N–H and O–H groups in total. The number of aliphatic hydroxyl groups excluding tert-OH is 9. The van der Waals surface area contributed by atoms with E-state index in [1.54, 1.807) is 0 Å². The van der Waals surface area contributed by atoms with Gasteiger partial charge in [0.05, 0.1) is 29.7 Å². The number of ether oxygens (including phenoxy) is 10. The summed E-state index contributed by atoms with van der Waals surface area (Å²) in [4.78, 5) is 204. The minimum atomic E-state index is -5.75. The monoisotopic (exact) mass is 2160 g/mol. The van der Waals surface area contributed by atoms with Crippen molar-refractivity contribution in [2.75, 3.05) is 19.8 Å². The lowest BCUT2D eigenvalue weighted by Crippen LogP contribution is -2.65. The number of rotatable bonds is 27. The van der Waals surface area contributed by atoms with Crippen LogP contribution in [0.5, 0.6) is 69.0 Å². The third-order valence-corrected chi connectivity index (χ3v) is 29.3. The number of fused-ring (bicyclic) bond motifs is 14. The first kappa shape index (κ1) is 112. The van der Waals surface area contributed by atoms with Gasteiger partial charge in [-0.05, 0) is 125 Å². The van der Waals surface area contributed by atoms with E-state index in [1.807, 2.05) is 0 Å². The third kappa shape index (κ3) is 26.1. The molecule has 9 aliphatic rings. The largest absolute Gasteiger partial charge is 0.508 e. The summed E-state index contributed by atoms with van der Waals surface area (Å²) < 4.78 is 86.7. The number of carbonyl (C=O) groups is 11. The van der Waals surface area contributed by atoms with E-state index < -0.39 is 373 Å². The number of amides is 9. The Morgan fingerprint density at radius 3 is 1.68 bits per heavy atom. The Labute approximate surface area is 854 Å². The average molecular weight is 2170 g/mol. The summed E-state index contributed by atoms with van der Waals surface area (Å²) in [6, 6.07) is -1.04. The Balaban J connectivity index is 0.988. The second-order valence-electron chi connectivity index (χ2n) is 36.7. The first-order valence-corrected chi connectivity index (χ1v) is 50.6. The predicted molar refractivity (Wildman–Crippen MR) is 507 cm³/mol. The molecule has 0 saturated carbocycles. The van der Waals surface area contributed by atoms with Crippen LogP contribution in [0.3, 0.4) is 0 Å². The van der Waals surface area contributed by atoms with Gasteiger partial charge in [0.2, 0.25) is 77.0 Å². The number of aliphatic carboxylic acids is 1. The number of aromatic hydroxyl groups is 4. The summed E-state index contributed by atoms with van der Waals surface area (Å²) in [5, 5.41) is 183. The van der Waals surface area contributed by atoms with E-state index in [2.05, 4.69) is 56.4 Å². The van der Waals surface area contributed by atoms with E-state index in [4.69, 9.17) is 76.3 Å². The van der Waals surface area contributed by atoms with Gasteiger partial charge in [0.1, 0.15) is 162 Å². The zero-order valence-corrected chi connectivity index (χ0v) is 82.1. The van der Waals surface area contributed by atoms with Crippen molar-refractivity contribution in [2.24, 2.45) is 11.7 Å². The molecule has 51 nitrogen and oxygen atoms in total. The predicted octanol–water partition coefficient (Wildman–Crippen LogP) is 0.496. The maximum Gasteiger partial charge on any atom is 0.360 e. The molecule has 9 heterocycles. The highest BCUT2D eigenvalue weighted by atomic mass is 35.5. The summed E-state index contributed by atoms with van der Waals surface area (Å²) in [6.07, 6.45) is -29.2. The van der Waals surface area contributed by atoms with Gasteiger partial charge in [-0.3, -0.25) is 57.1 Å². The van der Waals surface area contributed by atoms with Gasteiger partial charge >= 0.3 is 27.1 Å². The van der Waals surface area contributed by atoms with Gasteiger partial charge in [0, 0.05) is 55.0 Å². The summed E-state index contributed by atoms with van der Waals surface area (Å²) in [5.41, 5.74) is -1.02. The molecule has 17 bridgehead atoms. The van der Waals surface area contributed by atoms with Crippen LogP contribution in [-0.2, 0) is 92.0 Å². The van der Waals surface area contributed by atoms with Gasteiger partial charge in [-0.25, -0.2) is 4.79 Å². The van der Waals surface area contributed by atoms with Crippen LogP contribution in [0.15, 0.2) is 115 Å². The first-order chi connectivity index (χ1) is 70.4. The minimum Gasteiger partial charge on any atom is -0.508 e. The van der Waals surface area contributed by atoms with Crippen molar-refractivity contribution in [1.82, 2.24) is 47.9 Å². The maximum absolute atomic E-state index is 17.2. The highest BCUT2D eigenvalue weighted by Gasteiger charge is 2.54. The molecule has 16 rings (SSSR count). The first-order valence-electron chi connectivity index (χ1n) is 46.5. The standard InChI is InChI=1S/C94H108Cl2N10O41P2/c1-36(2)9-7-5-4-6-8-10-63(114)100-73-79(121)76(118)61(34-108)144-92(73)147-83-58-28-43-29-59(83)141-55-18-14-41(26-50(55)96)82(146-91-72(98-37(3)109)78(120)75(117)60(33-107)143-91)74-89(129)105-71(90(130)131)48-31-45(111)32-57(142-93-81(123)80(122)77(119)62(145-93)35-138-65(116)20-19-64(115)101-94(148(132,133)134)149(135,136)137)66(48)47-25-40(13-15-52(47)112)68(86(126)106-74)103-88(128)70(43)104-87(127)69-42-23-44(110)30-46(24-42)139-56-27-39(12-16-53(56)113)67(97)85(125)99-51(84(124)102-69)22-38-11-17-54(140-58)49(95)21-38/h11-18,21,23-32,36,51,60-62,67-82,91-94,107-108,110-113,117-123H,4-10,19-20,22,33-35,97H2,1-3H3,(H,98,109)(H,99,125)(H,100,114)(H,101,115)(H,102,124)(H,103,128)(H,104,127)(H,105,129)(H,106,126)(H,130,131)(H2,132,133,134)(H2,135,136,137)/t51-,60-,61-,62-,67-,68-,69+,70-,71-,72-,73-,74+,75-,76-,77-,78-,79-,80+,81+,82-,91+,92+,93+/m1/s1. The molecule has 0 aliphatic carbocycles. The summed E-state index contributed by atoms with van der Waals surface area (Å²) in [5.74, 6) is -23.5. The number of carboxylic acids is 1. The van der Waals surface area contributed by atoms with Gasteiger partial charge in [-0.2, -0.15) is 0 Å². The average Bonchev–Trinajstić information content (AvgIpc) is 0.748. The number of phenolic OH excluding ortho intramolecular Hbond substituents is 4. The number of phenols is 4. The van der Waals surface area contributed by atoms with Crippen LogP contribution < -0.4 is 77.3 Å². The fourth-order valence-corrected chi connectivity index (χ4v) is 20.3. The number of carboxylic acid groups (broad SMARTS) is 1. The molecule has 9 amide bonds. The van der Waals surface area contributed by atoms with E-state index in [1.165, 1.54) is 29.6 Å². The Bertz CT molecular complexity index is 6340. The van der Waals surface area contributed by atoms with Gasteiger partial charge in [0.15, 0.2) is 35.3 Å². The van der Waals surface area contributed by atoms with Crippen molar-refractivity contribution in [1.29, 1.82) is 0 Å². The lowest BCUT2D eigenvalue weighted by atomic mass is 9.89. The zero-order chi connectivity index (χ0) is 108. The van der Waals surface area contributed by atoms with Crippen LogP contribution in [0, 0.1) is 5.92 Å². The summed E-state index contributed by atoms with van der Waals surface area (Å²) >= 11 is 14.8. The molecule has 0 aromatic heterocycles. The number of esters is 1. The van der Waals surface area contributed by atoms with Gasteiger partial charge in [-0.1, -0.05) is 93.4 Å². The number of nitrogens with two attached hydrogens (primary N) is 1. The van der Waals surface area contributed by atoms with Crippen molar-refractivity contribution in [2.45, 2.75) is 231 Å². The second-order valence-corrected chi connectivity index (χ2v) is 41.3. The number of benzene rings is 7. The molecule has 55 heteroatoms. The van der Waals surface area contributed by atoms with E-state index in [-0.39, 0.29) is 28.3 Å². The second kappa shape index (κ2) is 47.2. The Morgan fingerprint density at radius 2 is 1.06 bits per heavy atom. The molecule has 7 aromatic rings. The fourth-order valence-electron chi connectivity index (χ4n) is 17.7. The van der Waals surface area contributed by atoms with Crippen molar-refractivity contribution >= 4 is 103 Å². The van der Waals surface area contributed by atoms with Gasteiger partial charge in [0.25, 0.3) is 0 Å². The molecule has 7 aromatic carbocycles. The van der Waals surface area contributed by atoms with Gasteiger partial charge in [-0.15, -0.1) is 0 Å². The highest BCUT2D eigenvalue weighted by Crippen LogP contribution is 2.59. The summed E-state index contributed by atoms with van der Waals surface area (Å²) in [6.45, 7) is 1.72. The van der Waals surface area contributed by atoms with E-state index >= 15 is 24.0 Å². The van der Waals surface area contributed by atoms with Crippen molar-refractivity contribution in [3.8, 4) is 80.1 Å². The Hall–Kier alpha value is -12.8. The van der Waals surface area contributed by atoms with Crippen molar-refractivity contribution < 1.29 is 200 Å². The van der Waals surface area contributed by atoms with Crippen LogP contribution in [0.4, 0.5) is 0 Å². The quantitative estimate of drug-likeness (QED) is 0.0189. The lowest BCUT2D eigenvalue weighted by molar-refractivity contribution is -0.284. The number of hydrogen-bond acceptors (Lipinski definition) is 37. The molecule has 3 fully saturated rings. The van der Waals surface area contributed by atoms with Crippen LogP contribution in [0.2, 0.25) is 10.0 Å². The van der Waals surface area contributed by atoms with Crippen molar-refractivity contribution in [3.05, 3.63) is 164 Å². The smallest absolute Gasteiger partial charge is 0.360 e. The number of halogens is 2. The topological polar surface area (TPSA) is 813 Å². The minimum absolute atomic E-state index is 0.00638. The summed E-state index contributed by atoms with van der Waals surface area (Å²) in [7, 11) is -11.5. The van der Waals surface area contributed by atoms with E-state index in [9.17, 15) is 129 Å². The maximum atomic E-state index is 17.2. The fraction of sp³-hybridized carbons (Fsp3) is 0.436. The third-order valence-electron chi connectivity index (χ3n) is 25.3. The number of carbonyl (C=O) groups excluding carboxylic acids is 10. The van der Waals surface area contributed by atoms with Crippen LogP contribution in [-0.4, -0.2) is 286 Å². The SMILES string of the molecule is CC(=O)N[C@H]1[C@H](O[C@@H]2c3ccc(c(Cl)c3)Oc3cc4cc(c3O[C@@H]3O[C@H](CO)[C@@H](O)[C@H](O)[C@H]3NC(=O)CCCCCCCC(C)C)Oc3ccc(cc3Cl)C[C@H]3NC(=O)[C@H](N)c5ccc(O)c(c5)Oc5cc(O)cc(c5)[C@H](NC3=O)C(=O)N[C@H]4C(=O)N[C@H]3C(=O)N[C@@H]2C(=O)N[C@@H](C(=O)O)c2cc(O)cc(O[C@H]4O[C@H](COC(=O)CCC(=O)NC(P(=O)(O)O)P(=O)(O)O)[C@@H](O)[C@H](O)[C@@H]4O)c2-c2cc3ccc2O)O[C@H](CO)[C@@H](O)[C@@H]1O. The van der Waals surface area contributed by atoms with E-state index in [0.29, 0.717) is 30.9 Å². The van der Waals surface area contributed by atoms with Crippen LogP contribution in [0.1, 0.15) is 154 Å². The van der Waals surface area contributed by atoms with Crippen LogP contribution in [0.25, 0.3) is 11.1 Å². The zero-order valence-electron chi connectivity index (χ0n) is 78.8. The van der Waals surface area contributed by atoms with Gasteiger partial charge < -0.3 is 192 Å². The number of unbranched alkanes of at least 4 members (excludes halogenated alkanes) is 4. The van der Waals surface area contributed by atoms with Crippen molar-refractivity contribution in [3.63, 3.8) is 0 Å². The number of hydrogen-bond donors (Lipinski definition) is 28. The molecule has 804 valence electrons. The molecule has 0 unspecified atom stereocenters. The molecule has 149 heavy (non-hydrogen) atoms. The molecule has 3 saturated heterocycles. The molecular formula is C94H108Cl2N10O41P2. The Morgan fingerprint density at radius 1 is 0.503 bits per heavy atom. The Kier molecular flexibility index (Phi) is 35.4. The molecule has 23 atom stereocenters. The molecular weight excluding hydrogens is 2060 g/mol.